The van der Waals surface area contributed by atoms with E-state index >= 15 is 0 Å². The van der Waals surface area contributed by atoms with E-state index in [-0.39, 0.29) is 0 Å². The molecule has 5 N–H and O–H groups in total. The van der Waals surface area contributed by atoms with Crippen LogP contribution in [0, 0.1) is 11.8 Å². The second-order valence-corrected chi connectivity index (χ2v) is 4.40. The number of pyridine rings is 1. The summed E-state index contributed by atoms with van der Waals surface area (Å²) in [6.07, 6.45) is 3.84. The fourth-order valence-electron chi connectivity index (χ4n) is 2.11. The van der Waals surface area contributed by atoms with Gasteiger partial charge in [0, 0.05) is 12.2 Å². The van der Waals surface area contributed by atoms with Crippen LogP contribution in [-0.2, 0) is 6.42 Å². The van der Waals surface area contributed by atoms with E-state index in [9.17, 15) is 0 Å². The summed E-state index contributed by atoms with van der Waals surface area (Å²) in [6, 6.07) is 4.25. The van der Waals surface area contributed by atoms with Crippen LogP contribution in [0.25, 0.3) is 0 Å². The number of hydrogen-bond donors (Lipinski definition) is 3. The van der Waals surface area contributed by atoms with E-state index < -0.39 is 0 Å². The van der Waals surface area contributed by atoms with Gasteiger partial charge in [0.15, 0.2) is 0 Å². The molecule has 0 radical (unpaired) electrons. The lowest BCUT2D eigenvalue weighted by Crippen LogP contribution is -2.39. The summed E-state index contributed by atoms with van der Waals surface area (Å²) in [5, 5.41) is 0. The van der Waals surface area contributed by atoms with Crippen LogP contribution in [0.5, 0.6) is 0 Å². The predicted octanol–water partition coefficient (Wildman–Crippen LogP) is 0.694. The quantitative estimate of drug-likeness (QED) is 0.500. The molecule has 1 aromatic heterocycles. The number of hydrazine groups is 1. The van der Waals surface area contributed by atoms with Crippen molar-refractivity contribution in [2.24, 2.45) is 17.7 Å². The maximum atomic E-state index is 5.80. The molecule has 1 heterocycles. The zero-order valence-electron chi connectivity index (χ0n) is 8.98. The minimum absolute atomic E-state index is 0.325. The van der Waals surface area contributed by atoms with Crippen molar-refractivity contribution >= 4 is 5.82 Å². The number of aromatic nitrogens is 1. The third-order valence-corrected chi connectivity index (χ3v) is 3.27. The second kappa shape index (κ2) is 4.16. The Bertz CT molecular complexity index is 339. The third kappa shape index (κ3) is 2.27. The van der Waals surface area contributed by atoms with E-state index in [1.807, 2.05) is 12.1 Å². The Kier molecular flexibility index (Phi) is 2.88. The molecule has 1 aliphatic rings. The van der Waals surface area contributed by atoms with E-state index in [2.05, 4.69) is 17.3 Å². The van der Waals surface area contributed by atoms with Gasteiger partial charge in [0.25, 0.3) is 0 Å². The van der Waals surface area contributed by atoms with Gasteiger partial charge >= 0.3 is 0 Å². The molecule has 0 spiro atoms. The van der Waals surface area contributed by atoms with Crippen LogP contribution < -0.4 is 17.0 Å². The maximum absolute atomic E-state index is 5.80. The molecular weight excluding hydrogens is 188 g/mol. The van der Waals surface area contributed by atoms with E-state index in [1.165, 1.54) is 6.42 Å². The molecule has 4 heteroatoms. The summed E-state index contributed by atoms with van der Waals surface area (Å²) < 4.78 is 0. The van der Waals surface area contributed by atoms with Gasteiger partial charge < -0.3 is 5.73 Å². The van der Waals surface area contributed by atoms with Gasteiger partial charge in [-0.3, -0.25) is 11.3 Å². The Balaban J connectivity index is 2.03. The molecule has 3 atom stereocenters. The van der Waals surface area contributed by atoms with Crippen molar-refractivity contribution in [3.63, 3.8) is 0 Å². The lowest BCUT2D eigenvalue weighted by atomic mass is 10.0. The number of nitrogen functional groups attached to an aromatic ring is 1. The molecule has 3 unspecified atom stereocenters. The summed E-state index contributed by atoms with van der Waals surface area (Å²) in [5.74, 6) is 7.65. The molecule has 1 aliphatic carbocycles. The zero-order valence-corrected chi connectivity index (χ0v) is 8.98. The molecule has 15 heavy (non-hydrogen) atoms. The van der Waals surface area contributed by atoms with Gasteiger partial charge in [0.05, 0.1) is 0 Å². The first-order chi connectivity index (χ1) is 7.22. The van der Waals surface area contributed by atoms with Crippen LogP contribution in [0.3, 0.4) is 0 Å². The lowest BCUT2D eigenvalue weighted by Gasteiger charge is -2.16. The van der Waals surface area contributed by atoms with Crippen molar-refractivity contribution < 1.29 is 0 Å². The smallest absolute Gasteiger partial charge is 0.126 e. The van der Waals surface area contributed by atoms with Crippen LogP contribution in [0.2, 0.25) is 0 Å². The summed E-state index contributed by atoms with van der Waals surface area (Å²) in [4.78, 5) is 4.07. The average Bonchev–Trinajstić information content (AvgIpc) is 2.94. The largest absolute Gasteiger partial charge is 0.383 e. The van der Waals surface area contributed by atoms with Crippen molar-refractivity contribution in [3.8, 4) is 0 Å². The van der Waals surface area contributed by atoms with Gasteiger partial charge in [-0.1, -0.05) is 13.0 Å². The highest BCUT2D eigenvalue weighted by atomic mass is 15.2. The van der Waals surface area contributed by atoms with Crippen molar-refractivity contribution in [3.05, 3.63) is 23.9 Å². The topological polar surface area (TPSA) is 77.0 Å². The Morgan fingerprint density at radius 2 is 2.40 bits per heavy atom. The van der Waals surface area contributed by atoms with Crippen LogP contribution in [-0.4, -0.2) is 11.0 Å². The zero-order chi connectivity index (χ0) is 10.8. The SMILES string of the molecule is CC1CC1C(Cc1cccnc1N)NN. The highest BCUT2D eigenvalue weighted by Crippen LogP contribution is 2.41. The molecule has 4 nitrogen and oxygen atoms in total. The molecule has 1 saturated carbocycles. The normalized spacial score (nSPS) is 26.3. The van der Waals surface area contributed by atoms with Gasteiger partial charge in [-0.15, -0.1) is 0 Å². The first-order valence-electron chi connectivity index (χ1n) is 5.38. The fourth-order valence-corrected chi connectivity index (χ4v) is 2.11. The first kappa shape index (κ1) is 10.4. The Labute approximate surface area is 90.0 Å². The van der Waals surface area contributed by atoms with Gasteiger partial charge in [0.1, 0.15) is 5.82 Å². The van der Waals surface area contributed by atoms with Gasteiger partial charge in [0.2, 0.25) is 0 Å². The molecule has 0 aromatic carbocycles. The number of nitrogens with two attached hydrogens (primary N) is 2. The summed E-state index contributed by atoms with van der Waals surface area (Å²) >= 11 is 0. The molecule has 0 aliphatic heterocycles. The maximum Gasteiger partial charge on any atom is 0.126 e. The van der Waals surface area contributed by atoms with E-state index in [0.717, 1.165) is 17.9 Å². The van der Waals surface area contributed by atoms with Gasteiger partial charge in [-0.25, -0.2) is 4.98 Å². The number of anilines is 1. The van der Waals surface area contributed by atoms with Crippen LogP contribution in [0.4, 0.5) is 5.82 Å². The molecule has 0 bridgehead atoms. The first-order valence-corrected chi connectivity index (χ1v) is 5.38. The van der Waals surface area contributed by atoms with E-state index in [0.29, 0.717) is 17.8 Å². The minimum Gasteiger partial charge on any atom is -0.383 e. The highest BCUT2D eigenvalue weighted by molar-refractivity contribution is 5.39. The van der Waals surface area contributed by atoms with Gasteiger partial charge in [-0.05, 0) is 36.3 Å². The monoisotopic (exact) mass is 206 g/mol. The van der Waals surface area contributed by atoms with Crippen LogP contribution in [0.1, 0.15) is 18.9 Å². The van der Waals surface area contributed by atoms with Crippen LogP contribution in [0.15, 0.2) is 18.3 Å². The number of rotatable bonds is 4. The molecule has 1 fully saturated rings. The third-order valence-electron chi connectivity index (χ3n) is 3.27. The van der Waals surface area contributed by atoms with Crippen molar-refractivity contribution in [1.82, 2.24) is 10.4 Å². The molecule has 82 valence electrons. The summed E-state index contributed by atoms with van der Waals surface area (Å²) in [6.45, 7) is 2.25. The Hall–Kier alpha value is -1.13. The van der Waals surface area contributed by atoms with E-state index in [1.54, 1.807) is 6.20 Å². The molecule has 1 aromatic rings. The fraction of sp³-hybridized carbons (Fsp3) is 0.545. The molecule has 0 amide bonds. The average molecular weight is 206 g/mol. The Morgan fingerprint density at radius 3 is 2.93 bits per heavy atom. The van der Waals surface area contributed by atoms with E-state index in [4.69, 9.17) is 11.6 Å². The van der Waals surface area contributed by atoms with Crippen LogP contribution >= 0.6 is 0 Å². The number of hydrogen-bond acceptors (Lipinski definition) is 4. The number of nitrogens with zero attached hydrogens (tertiary/aromatic N) is 1. The minimum atomic E-state index is 0.325. The summed E-state index contributed by atoms with van der Waals surface area (Å²) in [7, 11) is 0. The summed E-state index contributed by atoms with van der Waals surface area (Å²) in [5.41, 5.74) is 9.77. The molecular formula is C11H18N4. The molecule has 0 saturated heterocycles. The predicted molar refractivity (Wildman–Crippen MR) is 60.7 cm³/mol. The highest BCUT2D eigenvalue weighted by Gasteiger charge is 2.39. The Morgan fingerprint density at radius 1 is 1.67 bits per heavy atom. The standard InChI is InChI=1S/C11H18N4/c1-7-5-9(7)10(15-13)6-8-3-2-4-14-11(8)12/h2-4,7,9-10,15H,5-6,13H2,1H3,(H2,12,14). The van der Waals surface area contributed by atoms with Crippen molar-refractivity contribution in [1.29, 1.82) is 0 Å². The number of nitrogens with one attached hydrogen (secondary N) is 1. The second-order valence-electron chi connectivity index (χ2n) is 4.40. The molecule has 2 rings (SSSR count). The van der Waals surface area contributed by atoms with Crippen molar-refractivity contribution in [2.45, 2.75) is 25.8 Å². The van der Waals surface area contributed by atoms with Gasteiger partial charge in [-0.2, -0.15) is 0 Å². The lowest BCUT2D eigenvalue weighted by molar-refractivity contribution is 0.454. The van der Waals surface area contributed by atoms with Crippen molar-refractivity contribution in [2.75, 3.05) is 5.73 Å².